The number of halogens is 1. The van der Waals surface area contributed by atoms with Crippen molar-refractivity contribution in [2.24, 2.45) is 0 Å². The summed E-state index contributed by atoms with van der Waals surface area (Å²) in [4.78, 5) is 24.3. The minimum absolute atomic E-state index is 0.131. The number of piperidine rings is 1. The van der Waals surface area contributed by atoms with Gasteiger partial charge in [-0.05, 0) is 47.8 Å². The van der Waals surface area contributed by atoms with Crippen molar-refractivity contribution in [2.45, 2.75) is 44.3 Å². The van der Waals surface area contributed by atoms with Crippen LogP contribution in [0.2, 0.25) is 0 Å². The number of aromatic nitrogens is 3. The summed E-state index contributed by atoms with van der Waals surface area (Å²) >= 11 is 3.66. The van der Waals surface area contributed by atoms with Gasteiger partial charge in [0.2, 0.25) is 5.91 Å². The quantitative estimate of drug-likeness (QED) is 0.507. The third-order valence-corrected chi connectivity index (χ3v) is 7.42. The fourth-order valence-electron chi connectivity index (χ4n) is 4.98. The minimum Gasteiger partial charge on any atom is -0.497 e. The Morgan fingerprint density at radius 3 is 2.91 bits per heavy atom. The number of nitrogens with one attached hydrogen (secondary N) is 2. The molecule has 0 saturated carbocycles. The van der Waals surface area contributed by atoms with Crippen molar-refractivity contribution in [1.82, 2.24) is 24.6 Å². The maximum atomic E-state index is 12.8. The van der Waals surface area contributed by atoms with Gasteiger partial charge in [-0.3, -0.25) is 9.20 Å². The molecule has 2 aliphatic rings. The lowest BCUT2D eigenvalue weighted by atomic mass is 9.90. The number of piperazine rings is 1. The van der Waals surface area contributed by atoms with E-state index in [1.165, 1.54) is 0 Å². The minimum atomic E-state index is -0.131. The number of carbonyl (C=O) groups is 1. The molecule has 2 N–H and O–H groups in total. The SMILES string of the molecule is COc1ccc(CNc2nccn3c([C@@H]4CC[C@H]5CN[C@@H](C)C(=O)N5C4)nc(Br)c23)c(OC)c1. The van der Waals surface area contributed by atoms with Crippen LogP contribution < -0.4 is 20.1 Å². The molecule has 180 valence electrons. The van der Waals surface area contributed by atoms with Gasteiger partial charge in [0.15, 0.2) is 5.82 Å². The lowest BCUT2D eigenvalue weighted by Gasteiger charge is -2.44. The Balaban J connectivity index is 1.40. The number of anilines is 1. The predicted molar refractivity (Wildman–Crippen MR) is 133 cm³/mol. The Morgan fingerprint density at radius 1 is 1.26 bits per heavy atom. The molecule has 2 aliphatic heterocycles. The molecule has 2 fully saturated rings. The highest BCUT2D eigenvalue weighted by Gasteiger charge is 2.38. The zero-order valence-electron chi connectivity index (χ0n) is 19.5. The number of nitrogens with zero attached hydrogens (tertiary/aromatic N) is 4. The van der Waals surface area contributed by atoms with E-state index in [0.717, 1.165) is 58.2 Å². The fraction of sp³-hybridized carbons (Fsp3) is 0.458. The van der Waals surface area contributed by atoms with Gasteiger partial charge >= 0.3 is 0 Å². The van der Waals surface area contributed by atoms with Crippen molar-refractivity contribution in [1.29, 1.82) is 0 Å². The molecule has 5 rings (SSSR count). The first-order chi connectivity index (χ1) is 16.5. The molecule has 3 aromatic rings. The second kappa shape index (κ2) is 9.42. The number of rotatable bonds is 6. The van der Waals surface area contributed by atoms with Crippen molar-refractivity contribution < 1.29 is 14.3 Å². The van der Waals surface area contributed by atoms with Gasteiger partial charge in [-0.15, -0.1) is 0 Å². The Hall–Kier alpha value is -2.85. The lowest BCUT2D eigenvalue weighted by Crippen LogP contribution is -2.61. The van der Waals surface area contributed by atoms with E-state index in [2.05, 4.69) is 35.9 Å². The first-order valence-electron chi connectivity index (χ1n) is 11.5. The normalized spacial score (nSPS) is 22.5. The number of benzene rings is 1. The number of hydrogen-bond acceptors (Lipinski definition) is 7. The van der Waals surface area contributed by atoms with Gasteiger partial charge in [-0.1, -0.05) is 0 Å². The molecule has 34 heavy (non-hydrogen) atoms. The van der Waals surface area contributed by atoms with Gasteiger partial charge in [0, 0.05) is 55.6 Å². The molecular weight excluding hydrogens is 500 g/mol. The third kappa shape index (κ3) is 4.09. The van der Waals surface area contributed by atoms with E-state index < -0.39 is 0 Å². The summed E-state index contributed by atoms with van der Waals surface area (Å²) < 4.78 is 13.6. The molecule has 1 amide bonds. The summed E-state index contributed by atoms with van der Waals surface area (Å²) in [5.41, 5.74) is 1.87. The van der Waals surface area contributed by atoms with Crippen LogP contribution in [0.4, 0.5) is 5.82 Å². The summed E-state index contributed by atoms with van der Waals surface area (Å²) in [6.45, 7) is 4.02. The molecule has 0 aliphatic carbocycles. The zero-order valence-corrected chi connectivity index (χ0v) is 21.1. The summed E-state index contributed by atoms with van der Waals surface area (Å²) in [6.07, 6.45) is 5.68. The van der Waals surface area contributed by atoms with E-state index in [1.807, 2.05) is 36.2 Å². The van der Waals surface area contributed by atoms with Gasteiger partial charge < -0.3 is 25.0 Å². The standard InChI is InChI=1S/C24H29BrN6O3/c1-14-24(32)31-13-16(4-6-17(31)12-27-14)23-29-21(25)20-22(26-8-9-30(20)23)28-11-15-5-7-18(33-2)10-19(15)34-3/h5,7-10,14,16-17,27H,4,6,11-13H2,1-3H3,(H,26,28)/t14-,16+,17-/m0/s1. The maximum absolute atomic E-state index is 12.8. The highest BCUT2D eigenvalue weighted by atomic mass is 79.9. The third-order valence-electron chi connectivity index (χ3n) is 6.86. The lowest BCUT2D eigenvalue weighted by molar-refractivity contribution is -0.140. The van der Waals surface area contributed by atoms with Crippen LogP contribution in [0.25, 0.3) is 5.52 Å². The molecule has 10 heteroatoms. The van der Waals surface area contributed by atoms with Gasteiger partial charge in [0.05, 0.1) is 20.3 Å². The highest BCUT2D eigenvalue weighted by molar-refractivity contribution is 9.10. The number of carbonyl (C=O) groups excluding carboxylic acids is 1. The van der Waals surface area contributed by atoms with Crippen molar-refractivity contribution in [3.63, 3.8) is 0 Å². The molecule has 0 bridgehead atoms. The van der Waals surface area contributed by atoms with Crippen molar-refractivity contribution in [3.05, 3.63) is 46.6 Å². The number of amides is 1. The second-order valence-electron chi connectivity index (χ2n) is 8.84. The molecule has 9 nitrogen and oxygen atoms in total. The average molecular weight is 529 g/mol. The number of imidazole rings is 1. The molecule has 0 spiro atoms. The second-order valence-corrected chi connectivity index (χ2v) is 9.59. The first-order valence-corrected chi connectivity index (χ1v) is 12.3. The molecule has 2 aromatic heterocycles. The number of hydrogen-bond donors (Lipinski definition) is 2. The molecule has 2 saturated heterocycles. The number of ether oxygens (including phenoxy) is 2. The first kappa shape index (κ1) is 22.9. The Kier molecular flexibility index (Phi) is 6.35. The van der Waals surface area contributed by atoms with E-state index in [0.29, 0.717) is 13.1 Å². The van der Waals surface area contributed by atoms with Crippen LogP contribution >= 0.6 is 15.9 Å². The van der Waals surface area contributed by atoms with Crippen LogP contribution in [0, 0.1) is 0 Å². The molecule has 3 atom stereocenters. The smallest absolute Gasteiger partial charge is 0.239 e. The molecule has 0 radical (unpaired) electrons. The van der Waals surface area contributed by atoms with Crippen LogP contribution in [0.3, 0.4) is 0 Å². The van der Waals surface area contributed by atoms with E-state index >= 15 is 0 Å². The summed E-state index contributed by atoms with van der Waals surface area (Å²) in [5.74, 6) is 3.52. The zero-order chi connectivity index (χ0) is 23.8. The Morgan fingerprint density at radius 2 is 2.12 bits per heavy atom. The maximum Gasteiger partial charge on any atom is 0.239 e. The summed E-state index contributed by atoms with van der Waals surface area (Å²) in [5, 5.41) is 6.75. The topological polar surface area (TPSA) is 93.0 Å². The van der Waals surface area contributed by atoms with Gasteiger partial charge in [-0.25, -0.2) is 9.97 Å². The summed E-state index contributed by atoms with van der Waals surface area (Å²) in [6, 6.07) is 5.90. The average Bonchev–Trinajstić information content (AvgIpc) is 3.21. The predicted octanol–water partition coefficient (Wildman–Crippen LogP) is 3.19. The van der Waals surface area contributed by atoms with E-state index in [9.17, 15) is 4.79 Å². The van der Waals surface area contributed by atoms with Crippen LogP contribution in [0.1, 0.15) is 37.1 Å². The largest absolute Gasteiger partial charge is 0.497 e. The van der Waals surface area contributed by atoms with Crippen LogP contribution in [-0.4, -0.2) is 64.6 Å². The highest BCUT2D eigenvalue weighted by Crippen LogP contribution is 2.35. The van der Waals surface area contributed by atoms with Crippen molar-refractivity contribution >= 4 is 33.2 Å². The molecule has 4 heterocycles. The van der Waals surface area contributed by atoms with Crippen LogP contribution in [0.15, 0.2) is 35.2 Å². The number of fused-ring (bicyclic) bond motifs is 2. The van der Waals surface area contributed by atoms with E-state index in [4.69, 9.17) is 14.5 Å². The van der Waals surface area contributed by atoms with E-state index in [1.54, 1.807) is 20.4 Å². The van der Waals surface area contributed by atoms with Gasteiger partial charge in [0.1, 0.15) is 27.4 Å². The van der Waals surface area contributed by atoms with Crippen LogP contribution in [0.5, 0.6) is 11.5 Å². The Bertz CT molecular complexity index is 1210. The van der Waals surface area contributed by atoms with Crippen LogP contribution in [-0.2, 0) is 11.3 Å². The molecule has 1 aromatic carbocycles. The summed E-state index contributed by atoms with van der Waals surface area (Å²) in [7, 11) is 3.28. The van der Waals surface area contributed by atoms with Gasteiger partial charge in [-0.2, -0.15) is 0 Å². The van der Waals surface area contributed by atoms with Gasteiger partial charge in [0.25, 0.3) is 0 Å². The van der Waals surface area contributed by atoms with Crippen molar-refractivity contribution in [2.75, 3.05) is 32.6 Å². The fourth-order valence-corrected chi connectivity index (χ4v) is 5.54. The Labute approximate surface area is 207 Å². The van der Waals surface area contributed by atoms with E-state index in [-0.39, 0.29) is 23.9 Å². The monoisotopic (exact) mass is 528 g/mol. The molecule has 0 unspecified atom stereocenters. The number of methoxy groups -OCH3 is 2. The molecular formula is C24H29BrN6O3. The van der Waals surface area contributed by atoms with Crippen molar-refractivity contribution in [3.8, 4) is 11.5 Å².